The molecule has 0 spiro atoms. The Balaban J connectivity index is 1.40. The predicted octanol–water partition coefficient (Wildman–Crippen LogP) is 3.66. The molecule has 0 aromatic heterocycles. The van der Waals surface area contributed by atoms with Gasteiger partial charge >= 0.3 is 12.1 Å². The number of methoxy groups -OCH3 is 1. The number of carbonyl (C=O) groups excluding carboxylic acids is 3. The van der Waals surface area contributed by atoms with Crippen molar-refractivity contribution in [3.63, 3.8) is 0 Å². The molecule has 2 aromatic rings. The second-order valence-electron chi connectivity index (χ2n) is 7.96. The third kappa shape index (κ3) is 4.13. The summed E-state index contributed by atoms with van der Waals surface area (Å²) in [5, 5.41) is 0. The summed E-state index contributed by atoms with van der Waals surface area (Å²) in [4.78, 5) is 40.9. The molecule has 2 atom stereocenters. The number of esters is 1. The number of piperidine rings is 1. The molecule has 7 heteroatoms. The fraction of sp³-hybridized carbons (Fsp3) is 0.375. The molecule has 0 radical (unpaired) electrons. The van der Waals surface area contributed by atoms with Crippen molar-refractivity contribution in [3.05, 3.63) is 71.3 Å². The predicted molar refractivity (Wildman–Crippen MR) is 114 cm³/mol. The maximum absolute atomic E-state index is 12.9. The molecule has 0 unspecified atom stereocenters. The summed E-state index contributed by atoms with van der Waals surface area (Å²) in [5.41, 5.74) is 1.80. The highest BCUT2D eigenvalue weighted by atomic mass is 16.6. The van der Waals surface area contributed by atoms with E-state index in [0.29, 0.717) is 37.1 Å². The van der Waals surface area contributed by atoms with Crippen LogP contribution in [0.2, 0.25) is 0 Å². The van der Waals surface area contributed by atoms with E-state index in [1.165, 1.54) is 7.11 Å². The summed E-state index contributed by atoms with van der Waals surface area (Å²) in [6.07, 6.45) is 0.790. The van der Waals surface area contributed by atoms with Gasteiger partial charge in [-0.25, -0.2) is 9.59 Å². The summed E-state index contributed by atoms with van der Waals surface area (Å²) in [6, 6.07) is 16.3. The lowest BCUT2D eigenvalue weighted by Crippen LogP contribution is -2.49. The van der Waals surface area contributed by atoms with Gasteiger partial charge in [-0.05, 0) is 43.5 Å². The van der Waals surface area contributed by atoms with Crippen molar-refractivity contribution in [1.29, 1.82) is 0 Å². The van der Waals surface area contributed by atoms with E-state index >= 15 is 0 Å². The zero-order chi connectivity index (χ0) is 22.0. The summed E-state index contributed by atoms with van der Waals surface area (Å²) >= 11 is 0. The number of ether oxygens (including phenoxy) is 2. The number of likely N-dealkylation sites (tertiary alicyclic amines) is 1. The third-order valence-corrected chi connectivity index (χ3v) is 6.12. The fourth-order valence-corrected chi connectivity index (χ4v) is 4.48. The minimum Gasteiger partial charge on any atom is -0.465 e. The van der Waals surface area contributed by atoms with Crippen LogP contribution in [0, 0.1) is 0 Å². The molecule has 31 heavy (non-hydrogen) atoms. The molecule has 7 nitrogen and oxygen atoms in total. The van der Waals surface area contributed by atoms with E-state index in [1.807, 2.05) is 42.2 Å². The molecule has 2 aliphatic heterocycles. The van der Waals surface area contributed by atoms with Gasteiger partial charge in [-0.1, -0.05) is 36.4 Å². The molecule has 4 rings (SSSR count). The first kappa shape index (κ1) is 20.9. The van der Waals surface area contributed by atoms with E-state index in [9.17, 15) is 14.4 Å². The van der Waals surface area contributed by atoms with Gasteiger partial charge in [0, 0.05) is 24.7 Å². The van der Waals surface area contributed by atoms with Crippen molar-refractivity contribution in [3.8, 4) is 0 Å². The lowest BCUT2D eigenvalue weighted by Gasteiger charge is -2.37. The number of nitrogens with zero attached hydrogens (tertiary/aromatic N) is 2. The number of rotatable bonds is 4. The minimum absolute atomic E-state index is 0.0293. The third-order valence-electron chi connectivity index (χ3n) is 6.12. The number of hydrogen-bond acceptors (Lipinski definition) is 5. The molecule has 2 saturated heterocycles. The van der Waals surface area contributed by atoms with E-state index in [1.54, 1.807) is 29.2 Å². The summed E-state index contributed by atoms with van der Waals surface area (Å²) in [6.45, 7) is 3.09. The van der Waals surface area contributed by atoms with Gasteiger partial charge in [0.15, 0.2) is 0 Å². The summed E-state index contributed by atoms with van der Waals surface area (Å²) in [5.74, 6) is -0.591. The van der Waals surface area contributed by atoms with E-state index in [0.717, 1.165) is 5.56 Å². The topological polar surface area (TPSA) is 76.2 Å². The molecule has 0 bridgehead atoms. The van der Waals surface area contributed by atoms with Crippen LogP contribution in [0.4, 0.5) is 4.79 Å². The van der Waals surface area contributed by atoms with Crippen LogP contribution >= 0.6 is 0 Å². The first-order chi connectivity index (χ1) is 15.0. The monoisotopic (exact) mass is 422 g/mol. The lowest BCUT2D eigenvalue weighted by atomic mass is 9.98. The van der Waals surface area contributed by atoms with Crippen molar-refractivity contribution < 1.29 is 23.9 Å². The van der Waals surface area contributed by atoms with Gasteiger partial charge < -0.3 is 14.4 Å². The van der Waals surface area contributed by atoms with Crippen LogP contribution in [0.15, 0.2) is 54.6 Å². The van der Waals surface area contributed by atoms with Crippen LogP contribution in [0.5, 0.6) is 0 Å². The van der Waals surface area contributed by atoms with Gasteiger partial charge in [0.1, 0.15) is 6.10 Å². The molecule has 0 aliphatic carbocycles. The highest BCUT2D eigenvalue weighted by Crippen LogP contribution is 2.35. The van der Waals surface area contributed by atoms with Crippen molar-refractivity contribution in [1.82, 2.24) is 9.80 Å². The number of cyclic esters (lactones) is 1. The zero-order valence-electron chi connectivity index (χ0n) is 17.7. The number of hydrogen-bond donors (Lipinski definition) is 0. The van der Waals surface area contributed by atoms with Crippen molar-refractivity contribution in [2.24, 2.45) is 0 Å². The normalized spacial score (nSPS) is 21.7. The molecule has 2 amide bonds. The molecule has 0 N–H and O–H groups in total. The quantitative estimate of drug-likeness (QED) is 0.703. The average Bonchev–Trinajstić information content (AvgIpc) is 3.12. The van der Waals surface area contributed by atoms with Gasteiger partial charge in [-0.15, -0.1) is 0 Å². The second kappa shape index (κ2) is 8.79. The van der Waals surface area contributed by atoms with Gasteiger partial charge in [-0.3, -0.25) is 9.69 Å². The number of amides is 2. The van der Waals surface area contributed by atoms with Crippen molar-refractivity contribution >= 4 is 18.0 Å². The molecule has 2 aromatic carbocycles. The molecule has 0 saturated carbocycles. The fourth-order valence-electron chi connectivity index (χ4n) is 4.48. The number of benzene rings is 2. The van der Waals surface area contributed by atoms with Crippen LogP contribution in [-0.2, 0) is 9.47 Å². The molecular formula is C24H26N2O5. The van der Waals surface area contributed by atoms with E-state index < -0.39 is 5.97 Å². The van der Waals surface area contributed by atoms with Gasteiger partial charge in [0.05, 0.1) is 18.7 Å². The Morgan fingerprint density at radius 2 is 1.68 bits per heavy atom. The lowest BCUT2D eigenvalue weighted by molar-refractivity contribution is 0.0600. The molecule has 2 heterocycles. The standard InChI is InChI=1S/C24H26N2O5/c1-16-21(17-7-4-3-5-8-17)31-24(29)26(16)20-11-13-25(14-12-20)22(27)18-9-6-10-19(15-18)23(28)30-2/h3-10,15-16,20-21H,11-14H2,1-2H3/t16-,21-/m1/s1. The minimum atomic E-state index is -0.470. The first-order valence-electron chi connectivity index (χ1n) is 10.5. The molecule has 2 aliphatic rings. The number of carbonyl (C=O) groups is 3. The molecular weight excluding hydrogens is 396 g/mol. The van der Waals surface area contributed by atoms with E-state index in [4.69, 9.17) is 9.47 Å². The summed E-state index contributed by atoms with van der Waals surface area (Å²) in [7, 11) is 1.31. The SMILES string of the molecule is COC(=O)c1cccc(C(=O)N2CCC(N3C(=O)O[C@@H](c4ccccc4)[C@H]3C)CC2)c1. The van der Waals surface area contributed by atoms with Gasteiger partial charge in [0.25, 0.3) is 5.91 Å². The maximum atomic E-state index is 12.9. The Bertz CT molecular complexity index is 969. The molecule has 2 fully saturated rings. The Kier molecular flexibility index (Phi) is 5.93. The van der Waals surface area contributed by atoms with E-state index in [2.05, 4.69) is 0 Å². The van der Waals surface area contributed by atoms with Crippen LogP contribution in [0.3, 0.4) is 0 Å². The first-order valence-corrected chi connectivity index (χ1v) is 10.5. The highest BCUT2D eigenvalue weighted by Gasteiger charge is 2.44. The van der Waals surface area contributed by atoms with Crippen molar-refractivity contribution in [2.75, 3.05) is 20.2 Å². The van der Waals surface area contributed by atoms with Crippen LogP contribution in [0.1, 0.15) is 52.1 Å². The Labute approximate surface area is 181 Å². The van der Waals surface area contributed by atoms with Crippen molar-refractivity contribution in [2.45, 2.75) is 38.0 Å². The van der Waals surface area contributed by atoms with Crippen LogP contribution in [-0.4, -0.2) is 60.1 Å². The highest BCUT2D eigenvalue weighted by molar-refractivity contribution is 5.98. The molecule has 162 valence electrons. The Morgan fingerprint density at radius 1 is 1.00 bits per heavy atom. The summed E-state index contributed by atoms with van der Waals surface area (Å²) < 4.78 is 10.4. The van der Waals surface area contributed by atoms with Crippen LogP contribution < -0.4 is 0 Å². The van der Waals surface area contributed by atoms with Crippen LogP contribution in [0.25, 0.3) is 0 Å². The Morgan fingerprint density at radius 3 is 2.35 bits per heavy atom. The second-order valence-corrected chi connectivity index (χ2v) is 7.96. The smallest absolute Gasteiger partial charge is 0.411 e. The largest absolute Gasteiger partial charge is 0.465 e. The zero-order valence-corrected chi connectivity index (χ0v) is 17.7. The average molecular weight is 422 g/mol. The Hall–Kier alpha value is -3.35. The van der Waals surface area contributed by atoms with E-state index in [-0.39, 0.29) is 30.2 Å². The maximum Gasteiger partial charge on any atom is 0.411 e. The van der Waals surface area contributed by atoms with Gasteiger partial charge in [0.2, 0.25) is 0 Å². The van der Waals surface area contributed by atoms with Gasteiger partial charge in [-0.2, -0.15) is 0 Å².